The van der Waals surface area contributed by atoms with E-state index in [1.54, 1.807) is 0 Å². The minimum atomic E-state index is -1.88. The van der Waals surface area contributed by atoms with Crippen LogP contribution >= 0.6 is 0 Å². The summed E-state index contributed by atoms with van der Waals surface area (Å²) in [4.78, 5) is 0. The summed E-state index contributed by atoms with van der Waals surface area (Å²) in [5, 5.41) is 1.38. The number of ether oxygens (including phenoxy) is 1. The maximum absolute atomic E-state index is 6.63. The van der Waals surface area contributed by atoms with Gasteiger partial charge in [-0.05, 0) is 38.0 Å². The smallest absolute Gasteiger partial charge is 0.218 e. The molecule has 0 N–H and O–H groups in total. The largest absolute Gasteiger partial charge is 0.412 e. The number of methoxy groups -OCH3 is 1. The van der Waals surface area contributed by atoms with E-state index in [0.29, 0.717) is 0 Å². The summed E-state index contributed by atoms with van der Waals surface area (Å²) in [6.07, 6.45) is 7.38. The Bertz CT molecular complexity index is 445. The SMILES string of the molecule is CCCCC(CCCC)(COC)CO[Si](C)(C)c1ccc(C)cc1. The molecular formula is C21H38O2Si. The van der Waals surface area contributed by atoms with E-state index in [4.69, 9.17) is 9.16 Å². The van der Waals surface area contributed by atoms with Gasteiger partial charge in [-0.2, -0.15) is 0 Å². The summed E-state index contributed by atoms with van der Waals surface area (Å²) >= 11 is 0. The molecule has 1 aromatic rings. The maximum atomic E-state index is 6.63. The summed E-state index contributed by atoms with van der Waals surface area (Å²) in [7, 11) is -0.0466. The Hall–Kier alpha value is -0.643. The van der Waals surface area contributed by atoms with Crippen LogP contribution in [-0.2, 0) is 9.16 Å². The fourth-order valence-corrected chi connectivity index (χ4v) is 5.04. The van der Waals surface area contributed by atoms with E-state index >= 15 is 0 Å². The van der Waals surface area contributed by atoms with Gasteiger partial charge in [0.2, 0.25) is 8.32 Å². The van der Waals surface area contributed by atoms with Gasteiger partial charge in [-0.25, -0.2) is 0 Å². The lowest BCUT2D eigenvalue weighted by atomic mass is 9.80. The molecule has 3 heteroatoms. The van der Waals surface area contributed by atoms with Crippen molar-refractivity contribution in [3.05, 3.63) is 29.8 Å². The van der Waals surface area contributed by atoms with Crippen molar-refractivity contribution in [2.45, 2.75) is 72.4 Å². The molecule has 0 bridgehead atoms. The van der Waals surface area contributed by atoms with Gasteiger partial charge in [0.1, 0.15) is 0 Å². The lowest BCUT2D eigenvalue weighted by Gasteiger charge is -2.37. The third kappa shape index (κ3) is 6.70. The Kier molecular flexibility index (Phi) is 9.25. The van der Waals surface area contributed by atoms with E-state index in [9.17, 15) is 0 Å². The highest BCUT2D eigenvalue weighted by Crippen LogP contribution is 2.33. The third-order valence-corrected chi connectivity index (χ3v) is 7.65. The van der Waals surface area contributed by atoms with Crippen molar-refractivity contribution in [3.63, 3.8) is 0 Å². The number of aryl methyl sites for hydroxylation is 1. The van der Waals surface area contributed by atoms with E-state index in [0.717, 1.165) is 13.2 Å². The second kappa shape index (κ2) is 10.4. The standard InChI is InChI=1S/C21H38O2Si/c1-7-9-15-21(17-22-4,16-10-8-2)18-23-24(5,6)20-13-11-19(3)12-14-20/h11-14H,7-10,15-18H2,1-6H3. The minimum Gasteiger partial charge on any atom is -0.412 e. The Morgan fingerprint density at radius 3 is 1.92 bits per heavy atom. The molecule has 0 aliphatic carbocycles. The van der Waals surface area contributed by atoms with Crippen molar-refractivity contribution < 1.29 is 9.16 Å². The van der Waals surface area contributed by atoms with Gasteiger partial charge in [0.25, 0.3) is 0 Å². The molecule has 0 saturated carbocycles. The van der Waals surface area contributed by atoms with Gasteiger partial charge in [-0.1, -0.05) is 69.4 Å². The Labute approximate surface area is 151 Å². The summed E-state index contributed by atoms with van der Waals surface area (Å²) < 4.78 is 12.3. The fourth-order valence-electron chi connectivity index (χ4n) is 3.24. The van der Waals surface area contributed by atoms with Gasteiger partial charge in [-0.15, -0.1) is 0 Å². The molecule has 0 saturated heterocycles. The monoisotopic (exact) mass is 350 g/mol. The van der Waals surface area contributed by atoms with Gasteiger partial charge in [-0.3, -0.25) is 0 Å². The van der Waals surface area contributed by atoms with Crippen molar-refractivity contribution in [2.75, 3.05) is 20.3 Å². The first-order valence-corrected chi connectivity index (χ1v) is 12.5. The van der Waals surface area contributed by atoms with Crippen LogP contribution in [0.5, 0.6) is 0 Å². The first-order valence-electron chi connectivity index (χ1n) is 9.59. The summed E-state index contributed by atoms with van der Waals surface area (Å²) in [6, 6.07) is 8.89. The highest BCUT2D eigenvalue weighted by Gasteiger charge is 2.34. The topological polar surface area (TPSA) is 18.5 Å². The van der Waals surface area contributed by atoms with Crippen LogP contribution in [0.15, 0.2) is 24.3 Å². The lowest BCUT2D eigenvalue weighted by molar-refractivity contribution is 0.0202. The fraction of sp³-hybridized carbons (Fsp3) is 0.714. The third-order valence-electron chi connectivity index (χ3n) is 5.06. The van der Waals surface area contributed by atoms with Crippen molar-refractivity contribution in [2.24, 2.45) is 5.41 Å². The summed E-state index contributed by atoms with van der Waals surface area (Å²) in [5.74, 6) is 0. The quantitative estimate of drug-likeness (QED) is 0.467. The number of rotatable bonds is 12. The predicted molar refractivity (Wildman–Crippen MR) is 108 cm³/mol. The molecule has 0 unspecified atom stereocenters. The molecule has 0 aliphatic rings. The second-order valence-corrected chi connectivity index (χ2v) is 11.7. The zero-order valence-corrected chi connectivity index (χ0v) is 17.8. The van der Waals surface area contributed by atoms with Crippen LogP contribution in [0.4, 0.5) is 0 Å². The number of unbranched alkanes of at least 4 members (excludes halogenated alkanes) is 2. The molecule has 0 fully saturated rings. The molecule has 0 amide bonds. The molecule has 0 radical (unpaired) electrons. The first kappa shape index (κ1) is 21.4. The van der Waals surface area contributed by atoms with Gasteiger partial charge < -0.3 is 9.16 Å². The summed E-state index contributed by atoms with van der Waals surface area (Å²) in [5.41, 5.74) is 1.48. The van der Waals surface area contributed by atoms with Crippen LogP contribution in [0.3, 0.4) is 0 Å². The van der Waals surface area contributed by atoms with Crippen molar-refractivity contribution >= 4 is 13.5 Å². The molecule has 24 heavy (non-hydrogen) atoms. The van der Waals surface area contributed by atoms with E-state index in [1.807, 2.05) is 7.11 Å². The molecule has 1 rings (SSSR count). The van der Waals surface area contributed by atoms with Gasteiger partial charge in [0.05, 0.1) is 6.61 Å². The van der Waals surface area contributed by atoms with Crippen LogP contribution < -0.4 is 5.19 Å². The van der Waals surface area contributed by atoms with Crippen LogP contribution in [0.1, 0.15) is 57.9 Å². The zero-order valence-electron chi connectivity index (χ0n) is 16.8. The minimum absolute atomic E-state index is 0.176. The normalized spacial score (nSPS) is 12.6. The van der Waals surface area contributed by atoms with E-state index in [-0.39, 0.29) is 5.41 Å². The molecule has 0 atom stereocenters. The highest BCUT2D eigenvalue weighted by molar-refractivity contribution is 6.84. The number of hydrogen-bond donors (Lipinski definition) is 0. The van der Waals surface area contributed by atoms with E-state index < -0.39 is 8.32 Å². The molecule has 0 spiro atoms. The number of benzene rings is 1. The molecule has 2 nitrogen and oxygen atoms in total. The van der Waals surface area contributed by atoms with Crippen molar-refractivity contribution in [1.29, 1.82) is 0 Å². The van der Waals surface area contributed by atoms with Crippen molar-refractivity contribution in [3.8, 4) is 0 Å². The number of hydrogen-bond acceptors (Lipinski definition) is 2. The maximum Gasteiger partial charge on any atom is 0.218 e. The first-order chi connectivity index (χ1) is 11.4. The average molecular weight is 351 g/mol. The zero-order chi connectivity index (χ0) is 18.1. The van der Waals surface area contributed by atoms with Gasteiger partial charge in [0.15, 0.2) is 0 Å². The molecule has 1 aromatic carbocycles. The average Bonchev–Trinajstić information content (AvgIpc) is 2.57. The molecule has 0 aliphatic heterocycles. The van der Waals surface area contributed by atoms with Crippen molar-refractivity contribution in [1.82, 2.24) is 0 Å². The summed E-state index contributed by atoms with van der Waals surface area (Å²) in [6.45, 7) is 12.9. The Morgan fingerprint density at radius 1 is 0.917 bits per heavy atom. The Morgan fingerprint density at radius 2 is 1.46 bits per heavy atom. The lowest BCUT2D eigenvalue weighted by Crippen LogP contribution is -2.48. The van der Waals surface area contributed by atoms with Crippen LogP contribution in [0.2, 0.25) is 13.1 Å². The van der Waals surface area contributed by atoms with Gasteiger partial charge in [0, 0.05) is 19.1 Å². The second-order valence-electron chi connectivity index (χ2n) is 7.81. The van der Waals surface area contributed by atoms with E-state index in [2.05, 4.69) is 58.1 Å². The molecule has 138 valence electrons. The highest BCUT2D eigenvalue weighted by atomic mass is 28.4. The van der Waals surface area contributed by atoms with Crippen LogP contribution in [0.25, 0.3) is 0 Å². The molecule has 0 aromatic heterocycles. The molecular weight excluding hydrogens is 312 g/mol. The molecule has 0 heterocycles. The van der Waals surface area contributed by atoms with Crippen LogP contribution in [-0.4, -0.2) is 28.6 Å². The predicted octanol–water partition coefficient (Wildman–Crippen LogP) is 5.44. The van der Waals surface area contributed by atoms with Gasteiger partial charge >= 0.3 is 0 Å². The van der Waals surface area contributed by atoms with E-state index in [1.165, 1.54) is 49.3 Å². The van der Waals surface area contributed by atoms with Crippen LogP contribution in [0, 0.1) is 12.3 Å². The Balaban J connectivity index is 2.84.